The van der Waals surface area contributed by atoms with Gasteiger partial charge in [0, 0.05) is 16.1 Å². The van der Waals surface area contributed by atoms with Gasteiger partial charge in [-0.15, -0.1) is 0 Å². The predicted octanol–water partition coefficient (Wildman–Crippen LogP) is 3.25. The van der Waals surface area contributed by atoms with Crippen LogP contribution in [-0.4, -0.2) is 16.2 Å². The molecule has 0 saturated carbocycles. The monoisotopic (exact) mass is 299 g/mol. The van der Waals surface area contributed by atoms with E-state index in [1.54, 1.807) is 13.0 Å². The molecule has 4 nitrogen and oxygen atoms in total. The average Bonchev–Trinajstić information content (AvgIpc) is 2.74. The zero-order valence-electron chi connectivity index (χ0n) is 8.70. The van der Waals surface area contributed by atoms with Crippen LogP contribution in [0.3, 0.4) is 0 Å². The summed E-state index contributed by atoms with van der Waals surface area (Å²) in [6.07, 6.45) is 0. The molecule has 1 heterocycles. The van der Waals surface area contributed by atoms with Gasteiger partial charge in [-0.2, -0.15) is 0 Å². The van der Waals surface area contributed by atoms with Crippen molar-refractivity contribution in [3.63, 3.8) is 0 Å². The first-order chi connectivity index (χ1) is 7.99. The first-order valence-electron chi connectivity index (χ1n) is 4.65. The van der Waals surface area contributed by atoms with Crippen LogP contribution in [0.5, 0.6) is 0 Å². The standard InChI is InChI=1S/C11H7BrFNO3/c1-5-7(12)2-6(3-8(5)13)10-4-9(11(15)16)14-17-10/h2-4H,1H3,(H,15,16). The number of aromatic nitrogens is 1. The van der Waals surface area contributed by atoms with E-state index in [-0.39, 0.29) is 11.5 Å². The van der Waals surface area contributed by atoms with E-state index in [9.17, 15) is 9.18 Å². The van der Waals surface area contributed by atoms with Gasteiger partial charge in [-0.3, -0.25) is 0 Å². The third kappa shape index (κ3) is 2.21. The summed E-state index contributed by atoms with van der Waals surface area (Å²) in [6.45, 7) is 1.63. The van der Waals surface area contributed by atoms with Crippen molar-refractivity contribution >= 4 is 21.9 Å². The van der Waals surface area contributed by atoms with Crippen molar-refractivity contribution < 1.29 is 18.8 Å². The van der Waals surface area contributed by atoms with Gasteiger partial charge in [0.1, 0.15) is 5.82 Å². The van der Waals surface area contributed by atoms with Crippen molar-refractivity contribution in [1.29, 1.82) is 0 Å². The van der Waals surface area contributed by atoms with Crippen molar-refractivity contribution in [3.05, 3.63) is 39.7 Å². The number of benzene rings is 1. The number of rotatable bonds is 2. The topological polar surface area (TPSA) is 63.3 Å². The Labute approximate surface area is 104 Å². The second kappa shape index (κ2) is 4.29. The largest absolute Gasteiger partial charge is 0.476 e. The molecular formula is C11H7BrFNO3. The van der Waals surface area contributed by atoms with E-state index in [1.807, 2.05) is 0 Å². The second-order valence-electron chi connectivity index (χ2n) is 3.45. The van der Waals surface area contributed by atoms with Crippen LogP contribution in [0.25, 0.3) is 11.3 Å². The SMILES string of the molecule is Cc1c(F)cc(-c2cc(C(=O)O)no2)cc1Br. The first kappa shape index (κ1) is 11.8. The molecule has 1 aromatic heterocycles. The van der Waals surface area contributed by atoms with Gasteiger partial charge in [-0.25, -0.2) is 9.18 Å². The van der Waals surface area contributed by atoms with Gasteiger partial charge >= 0.3 is 5.97 Å². The second-order valence-corrected chi connectivity index (χ2v) is 4.30. The summed E-state index contributed by atoms with van der Waals surface area (Å²) < 4.78 is 18.9. The summed E-state index contributed by atoms with van der Waals surface area (Å²) in [5, 5.41) is 12.1. The number of hydrogen-bond donors (Lipinski definition) is 1. The lowest BCUT2D eigenvalue weighted by atomic mass is 10.1. The third-order valence-electron chi connectivity index (χ3n) is 2.29. The number of carboxylic acids is 1. The van der Waals surface area contributed by atoms with Crippen LogP contribution < -0.4 is 0 Å². The zero-order chi connectivity index (χ0) is 12.6. The number of aromatic carboxylic acids is 1. The normalized spacial score (nSPS) is 10.5. The van der Waals surface area contributed by atoms with Crippen LogP contribution in [0.2, 0.25) is 0 Å². The molecule has 0 aliphatic carbocycles. The molecule has 0 spiro atoms. The van der Waals surface area contributed by atoms with Gasteiger partial charge in [0.05, 0.1) is 0 Å². The Kier molecular flexibility index (Phi) is 2.97. The summed E-state index contributed by atoms with van der Waals surface area (Å²) in [7, 11) is 0. The quantitative estimate of drug-likeness (QED) is 0.924. The number of nitrogens with zero attached hydrogens (tertiary/aromatic N) is 1. The zero-order valence-corrected chi connectivity index (χ0v) is 10.3. The van der Waals surface area contributed by atoms with Crippen molar-refractivity contribution in [1.82, 2.24) is 5.16 Å². The van der Waals surface area contributed by atoms with Crippen molar-refractivity contribution in [3.8, 4) is 11.3 Å². The van der Waals surface area contributed by atoms with E-state index in [2.05, 4.69) is 21.1 Å². The van der Waals surface area contributed by atoms with E-state index >= 15 is 0 Å². The van der Waals surface area contributed by atoms with Crippen LogP contribution >= 0.6 is 15.9 Å². The molecule has 88 valence electrons. The fraction of sp³-hybridized carbons (Fsp3) is 0.0909. The molecule has 2 rings (SSSR count). The number of hydrogen-bond acceptors (Lipinski definition) is 3. The maximum absolute atomic E-state index is 13.5. The van der Waals surface area contributed by atoms with E-state index < -0.39 is 11.8 Å². The summed E-state index contributed by atoms with van der Waals surface area (Å²) in [5.41, 5.74) is 0.698. The highest BCUT2D eigenvalue weighted by molar-refractivity contribution is 9.10. The highest BCUT2D eigenvalue weighted by atomic mass is 79.9. The maximum Gasteiger partial charge on any atom is 0.358 e. The lowest BCUT2D eigenvalue weighted by Gasteiger charge is -2.02. The van der Waals surface area contributed by atoms with Gasteiger partial charge in [0.2, 0.25) is 0 Å². The molecule has 0 radical (unpaired) electrons. The maximum atomic E-state index is 13.5. The Bertz CT molecular complexity index is 571. The predicted molar refractivity (Wildman–Crippen MR) is 61.3 cm³/mol. The smallest absolute Gasteiger partial charge is 0.358 e. The van der Waals surface area contributed by atoms with Gasteiger partial charge in [0.15, 0.2) is 11.5 Å². The minimum atomic E-state index is -1.19. The Morgan fingerprint density at radius 1 is 1.47 bits per heavy atom. The van der Waals surface area contributed by atoms with Gasteiger partial charge < -0.3 is 9.63 Å². The molecule has 0 amide bonds. The summed E-state index contributed by atoms with van der Waals surface area (Å²) in [6, 6.07) is 4.16. The van der Waals surface area contributed by atoms with Crippen LogP contribution in [-0.2, 0) is 0 Å². The molecule has 0 unspecified atom stereocenters. The van der Waals surface area contributed by atoms with Crippen LogP contribution in [0, 0.1) is 12.7 Å². The first-order valence-corrected chi connectivity index (χ1v) is 5.44. The van der Waals surface area contributed by atoms with Crippen LogP contribution in [0.1, 0.15) is 16.1 Å². The molecule has 6 heteroatoms. The lowest BCUT2D eigenvalue weighted by Crippen LogP contribution is -1.94. The number of carbonyl (C=O) groups is 1. The molecule has 0 aliphatic heterocycles. The highest BCUT2D eigenvalue weighted by Crippen LogP contribution is 2.28. The Morgan fingerprint density at radius 2 is 2.18 bits per heavy atom. The van der Waals surface area contributed by atoms with Crippen molar-refractivity contribution in [2.45, 2.75) is 6.92 Å². The minimum Gasteiger partial charge on any atom is -0.476 e. The van der Waals surface area contributed by atoms with Crippen molar-refractivity contribution in [2.24, 2.45) is 0 Å². The molecule has 17 heavy (non-hydrogen) atoms. The molecule has 0 fully saturated rings. The Balaban J connectivity index is 2.49. The van der Waals surface area contributed by atoms with E-state index in [1.165, 1.54) is 12.1 Å². The fourth-order valence-corrected chi connectivity index (χ4v) is 1.74. The van der Waals surface area contributed by atoms with E-state index in [0.717, 1.165) is 0 Å². The van der Waals surface area contributed by atoms with E-state index in [4.69, 9.17) is 9.63 Å². The summed E-state index contributed by atoms with van der Waals surface area (Å²) >= 11 is 3.21. The Hall–Kier alpha value is -1.69. The molecule has 0 aliphatic rings. The molecule has 2 aromatic rings. The molecule has 1 aromatic carbocycles. The molecular weight excluding hydrogens is 293 g/mol. The number of halogens is 2. The highest BCUT2D eigenvalue weighted by Gasteiger charge is 2.14. The third-order valence-corrected chi connectivity index (χ3v) is 3.12. The van der Waals surface area contributed by atoms with Crippen LogP contribution in [0.4, 0.5) is 4.39 Å². The van der Waals surface area contributed by atoms with E-state index in [0.29, 0.717) is 15.6 Å². The molecule has 0 bridgehead atoms. The number of carboxylic acid groups (broad SMARTS) is 1. The summed E-state index contributed by atoms with van der Waals surface area (Å²) in [5.74, 6) is -1.38. The fourth-order valence-electron chi connectivity index (χ4n) is 1.30. The minimum absolute atomic E-state index is 0.210. The Morgan fingerprint density at radius 3 is 2.71 bits per heavy atom. The lowest BCUT2D eigenvalue weighted by molar-refractivity contribution is 0.0686. The van der Waals surface area contributed by atoms with Crippen LogP contribution in [0.15, 0.2) is 27.2 Å². The summed E-state index contributed by atoms with van der Waals surface area (Å²) in [4.78, 5) is 10.6. The van der Waals surface area contributed by atoms with Gasteiger partial charge in [-0.05, 0) is 24.6 Å². The average molecular weight is 300 g/mol. The molecule has 1 N–H and O–H groups in total. The van der Waals surface area contributed by atoms with Gasteiger partial charge in [-0.1, -0.05) is 21.1 Å². The molecule has 0 atom stereocenters. The van der Waals surface area contributed by atoms with Gasteiger partial charge in [0.25, 0.3) is 0 Å². The van der Waals surface area contributed by atoms with Crippen molar-refractivity contribution in [2.75, 3.05) is 0 Å². The molecule has 0 saturated heterocycles.